The van der Waals surface area contributed by atoms with E-state index in [4.69, 9.17) is 0 Å². The normalized spacial score (nSPS) is 34.0. The van der Waals surface area contributed by atoms with Crippen molar-refractivity contribution < 1.29 is 9.90 Å². The van der Waals surface area contributed by atoms with Crippen LogP contribution < -0.4 is 10.6 Å². The number of piperidine rings is 1. The topological polar surface area (TPSA) is 64.6 Å². The Kier molecular flexibility index (Phi) is 6.45. The first-order valence-corrected chi connectivity index (χ1v) is 8.46. The van der Waals surface area contributed by atoms with E-state index in [0.29, 0.717) is 13.0 Å². The predicted molar refractivity (Wildman–Crippen MR) is 84.0 cm³/mol. The number of hydrogen-bond acceptors (Lipinski definition) is 4. The number of nitrogens with zero attached hydrogens (tertiary/aromatic N) is 1. The molecular weight excluding hydrogens is 266 g/mol. The number of carbonyl (C=O) groups is 1. The summed E-state index contributed by atoms with van der Waals surface area (Å²) in [5.74, 6) is 1.66. The van der Waals surface area contributed by atoms with Crippen LogP contribution in [0.3, 0.4) is 0 Å². The molecule has 122 valence electrons. The lowest BCUT2D eigenvalue weighted by atomic mass is 9.92. The first-order chi connectivity index (χ1) is 10.0. The van der Waals surface area contributed by atoms with Crippen molar-refractivity contribution >= 4 is 5.91 Å². The molecule has 0 aromatic rings. The summed E-state index contributed by atoms with van der Waals surface area (Å²) >= 11 is 0. The largest absolute Gasteiger partial charge is 0.392 e. The van der Waals surface area contributed by atoms with Gasteiger partial charge in [0.25, 0.3) is 0 Å². The molecule has 0 aromatic heterocycles. The first kappa shape index (κ1) is 16.7. The summed E-state index contributed by atoms with van der Waals surface area (Å²) in [5, 5.41) is 15.4. The summed E-state index contributed by atoms with van der Waals surface area (Å²) in [5.41, 5.74) is 0. The molecule has 4 atom stereocenters. The third-order valence-electron chi connectivity index (χ3n) is 4.57. The van der Waals surface area contributed by atoms with Crippen LogP contribution in [0.5, 0.6) is 0 Å². The van der Waals surface area contributed by atoms with Gasteiger partial charge in [-0.2, -0.15) is 0 Å². The molecule has 5 nitrogen and oxygen atoms in total. The average Bonchev–Trinajstić information content (AvgIpc) is 2.84. The summed E-state index contributed by atoms with van der Waals surface area (Å²) < 4.78 is 0. The van der Waals surface area contributed by atoms with E-state index in [1.54, 1.807) is 0 Å². The molecule has 21 heavy (non-hydrogen) atoms. The number of aliphatic hydroxyl groups is 1. The number of aliphatic hydroxyl groups excluding tert-OH is 1. The number of likely N-dealkylation sites (tertiary alicyclic amines) is 1. The van der Waals surface area contributed by atoms with Crippen molar-refractivity contribution in [1.29, 1.82) is 0 Å². The van der Waals surface area contributed by atoms with Gasteiger partial charge in [0.2, 0.25) is 5.91 Å². The summed E-state index contributed by atoms with van der Waals surface area (Å²) in [6, 6.07) is -0.205. The van der Waals surface area contributed by atoms with Gasteiger partial charge in [-0.3, -0.25) is 4.79 Å². The van der Waals surface area contributed by atoms with Gasteiger partial charge in [-0.05, 0) is 44.1 Å². The minimum absolute atomic E-state index is 0.0340. The van der Waals surface area contributed by atoms with Gasteiger partial charge in [-0.25, -0.2) is 0 Å². The number of unbranched alkanes of at least 4 members (excludes halogenated alkanes) is 1. The van der Waals surface area contributed by atoms with Crippen LogP contribution in [0, 0.1) is 11.8 Å². The highest BCUT2D eigenvalue weighted by Gasteiger charge is 2.27. The fraction of sp³-hybridized carbons (Fsp3) is 0.938. The van der Waals surface area contributed by atoms with E-state index < -0.39 is 0 Å². The van der Waals surface area contributed by atoms with E-state index in [9.17, 15) is 9.90 Å². The van der Waals surface area contributed by atoms with Crippen molar-refractivity contribution in [3.8, 4) is 0 Å². The van der Waals surface area contributed by atoms with Crippen LogP contribution in [-0.4, -0.2) is 60.8 Å². The van der Waals surface area contributed by atoms with Gasteiger partial charge in [0.15, 0.2) is 0 Å². The van der Waals surface area contributed by atoms with E-state index in [2.05, 4.69) is 29.4 Å². The maximum Gasteiger partial charge on any atom is 0.237 e. The Balaban J connectivity index is 1.53. The molecular formula is C16H31N3O2. The van der Waals surface area contributed by atoms with E-state index in [1.807, 2.05) is 0 Å². The zero-order valence-corrected chi connectivity index (χ0v) is 13.5. The molecule has 0 aromatic carbocycles. The molecule has 3 N–H and O–H groups in total. The lowest BCUT2D eigenvalue weighted by molar-refractivity contribution is -0.122. The number of amides is 1. The number of nitrogens with one attached hydrogen (secondary N) is 2. The maximum atomic E-state index is 11.8. The molecule has 0 saturated carbocycles. The second-order valence-corrected chi connectivity index (χ2v) is 7.05. The molecule has 2 heterocycles. The smallest absolute Gasteiger partial charge is 0.237 e. The fourth-order valence-electron chi connectivity index (χ4n) is 3.69. The molecule has 4 unspecified atom stereocenters. The third-order valence-corrected chi connectivity index (χ3v) is 4.57. The molecule has 2 saturated heterocycles. The Morgan fingerprint density at radius 3 is 2.57 bits per heavy atom. The summed E-state index contributed by atoms with van der Waals surface area (Å²) in [6.45, 7) is 9.54. The van der Waals surface area contributed by atoms with Gasteiger partial charge in [0.05, 0.1) is 12.1 Å². The molecule has 0 bridgehead atoms. The highest BCUT2D eigenvalue weighted by Crippen LogP contribution is 2.20. The van der Waals surface area contributed by atoms with Crippen molar-refractivity contribution in [1.82, 2.24) is 15.5 Å². The van der Waals surface area contributed by atoms with Crippen molar-refractivity contribution in [2.45, 2.75) is 51.7 Å². The van der Waals surface area contributed by atoms with Crippen LogP contribution >= 0.6 is 0 Å². The van der Waals surface area contributed by atoms with E-state index in [1.165, 1.54) is 19.5 Å². The van der Waals surface area contributed by atoms with Crippen LogP contribution in [0.4, 0.5) is 0 Å². The molecule has 1 amide bonds. The van der Waals surface area contributed by atoms with Gasteiger partial charge in [0.1, 0.15) is 0 Å². The van der Waals surface area contributed by atoms with E-state index >= 15 is 0 Å². The number of hydrogen-bond donors (Lipinski definition) is 3. The van der Waals surface area contributed by atoms with Gasteiger partial charge < -0.3 is 20.6 Å². The van der Waals surface area contributed by atoms with Gasteiger partial charge in [-0.15, -0.1) is 0 Å². The fourth-order valence-corrected chi connectivity index (χ4v) is 3.69. The van der Waals surface area contributed by atoms with Crippen LogP contribution in [-0.2, 0) is 4.79 Å². The highest BCUT2D eigenvalue weighted by atomic mass is 16.3. The quantitative estimate of drug-likeness (QED) is 0.628. The van der Waals surface area contributed by atoms with Crippen LogP contribution in [0.15, 0.2) is 0 Å². The lowest BCUT2D eigenvalue weighted by Gasteiger charge is -2.34. The molecule has 0 aliphatic carbocycles. The standard InChI is InChI=1S/C16H31N3O2/c1-12-7-13(2)11-19(10-12)6-4-3-5-17-16(21)15-8-14(20)9-18-15/h12-15,18,20H,3-11H2,1-2H3,(H,17,21). The number of carbonyl (C=O) groups excluding carboxylic acids is 1. The maximum absolute atomic E-state index is 11.8. The Bertz CT molecular complexity index is 327. The molecule has 5 heteroatoms. The minimum Gasteiger partial charge on any atom is -0.392 e. The Hall–Kier alpha value is -0.650. The second kappa shape index (κ2) is 8.11. The Morgan fingerprint density at radius 1 is 1.24 bits per heavy atom. The molecule has 2 aliphatic heterocycles. The van der Waals surface area contributed by atoms with Crippen molar-refractivity contribution in [2.24, 2.45) is 11.8 Å². The van der Waals surface area contributed by atoms with Crippen molar-refractivity contribution in [3.05, 3.63) is 0 Å². The molecule has 2 fully saturated rings. The first-order valence-electron chi connectivity index (χ1n) is 8.46. The summed E-state index contributed by atoms with van der Waals surface area (Å²) in [4.78, 5) is 14.4. The number of β-amino-alcohol motifs (C(OH)–C–C–N with tert-alkyl or cyclic N) is 1. The minimum atomic E-state index is -0.371. The van der Waals surface area contributed by atoms with Crippen LogP contribution in [0.25, 0.3) is 0 Å². The van der Waals surface area contributed by atoms with Gasteiger partial charge in [-0.1, -0.05) is 13.8 Å². The molecule has 0 radical (unpaired) electrons. The zero-order valence-electron chi connectivity index (χ0n) is 13.5. The number of rotatable bonds is 6. The summed E-state index contributed by atoms with van der Waals surface area (Å²) in [6.07, 6.45) is 3.69. The molecule has 2 rings (SSSR count). The lowest BCUT2D eigenvalue weighted by Crippen LogP contribution is -2.41. The van der Waals surface area contributed by atoms with Gasteiger partial charge >= 0.3 is 0 Å². The third kappa shape index (κ3) is 5.57. The predicted octanol–water partition coefficient (Wildman–Crippen LogP) is 0.584. The highest BCUT2D eigenvalue weighted by molar-refractivity contribution is 5.82. The van der Waals surface area contributed by atoms with E-state index in [0.717, 1.165) is 37.8 Å². The molecule has 0 spiro atoms. The average molecular weight is 297 g/mol. The molecule has 2 aliphatic rings. The SMILES string of the molecule is CC1CC(C)CN(CCCCNC(=O)C2CC(O)CN2)C1. The van der Waals surface area contributed by atoms with E-state index in [-0.39, 0.29) is 18.1 Å². The summed E-state index contributed by atoms with van der Waals surface area (Å²) in [7, 11) is 0. The monoisotopic (exact) mass is 297 g/mol. The Morgan fingerprint density at radius 2 is 1.95 bits per heavy atom. The second-order valence-electron chi connectivity index (χ2n) is 7.05. The van der Waals surface area contributed by atoms with Gasteiger partial charge in [0, 0.05) is 26.2 Å². The van der Waals surface area contributed by atoms with Crippen molar-refractivity contribution in [2.75, 3.05) is 32.7 Å². The van der Waals surface area contributed by atoms with Crippen LogP contribution in [0.1, 0.15) is 39.5 Å². The zero-order chi connectivity index (χ0) is 15.2. The van der Waals surface area contributed by atoms with Crippen LogP contribution in [0.2, 0.25) is 0 Å². The van der Waals surface area contributed by atoms with Crippen molar-refractivity contribution in [3.63, 3.8) is 0 Å². The Labute approximate surface area is 128 Å².